The lowest BCUT2D eigenvalue weighted by atomic mass is 10.2. The third kappa shape index (κ3) is 3.32. The molecule has 0 heterocycles. The fourth-order valence-corrected chi connectivity index (χ4v) is 1.41. The first kappa shape index (κ1) is 12.2. The Bertz CT molecular complexity index is 357. The number of carbonyl (C=O) groups excluding carboxylic acids is 1. The molecule has 3 nitrogen and oxygen atoms in total. The van der Waals surface area contributed by atoms with Gasteiger partial charge in [-0.3, -0.25) is 4.79 Å². The van der Waals surface area contributed by atoms with Crippen LogP contribution < -0.4 is 10.1 Å². The number of nitrogens with one attached hydrogen (secondary N) is 1. The van der Waals surface area contributed by atoms with Crippen molar-refractivity contribution >= 4 is 30.1 Å². The minimum atomic E-state index is -0.205. The first-order chi connectivity index (χ1) is 7.19. The van der Waals surface area contributed by atoms with Crippen LogP contribution in [0.15, 0.2) is 18.2 Å². The van der Waals surface area contributed by atoms with E-state index in [-0.39, 0.29) is 5.91 Å². The number of ether oxygens (including phenoxy) is 1. The SMILES string of the molecule is COc1ccc(Cl)cc1C(=O)NCCS. The van der Waals surface area contributed by atoms with Gasteiger partial charge in [0.2, 0.25) is 0 Å². The molecule has 0 fully saturated rings. The van der Waals surface area contributed by atoms with E-state index in [9.17, 15) is 4.79 Å². The molecule has 1 amide bonds. The molecule has 0 saturated carbocycles. The summed E-state index contributed by atoms with van der Waals surface area (Å²) < 4.78 is 5.06. The lowest BCUT2D eigenvalue weighted by Gasteiger charge is -2.08. The Morgan fingerprint density at radius 2 is 2.33 bits per heavy atom. The van der Waals surface area contributed by atoms with Crippen molar-refractivity contribution in [1.29, 1.82) is 0 Å². The van der Waals surface area contributed by atoms with Crippen molar-refractivity contribution in [3.05, 3.63) is 28.8 Å². The average Bonchev–Trinajstić information content (AvgIpc) is 2.25. The Morgan fingerprint density at radius 1 is 1.60 bits per heavy atom. The van der Waals surface area contributed by atoms with Gasteiger partial charge in [0.05, 0.1) is 12.7 Å². The molecule has 0 aliphatic carbocycles. The summed E-state index contributed by atoms with van der Waals surface area (Å²) in [6.07, 6.45) is 0. The summed E-state index contributed by atoms with van der Waals surface area (Å²) >= 11 is 9.81. The molecule has 82 valence electrons. The summed E-state index contributed by atoms with van der Waals surface area (Å²) in [7, 11) is 1.51. The van der Waals surface area contributed by atoms with E-state index in [0.29, 0.717) is 28.6 Å². The number of amides is 1. The molecule has 0 aliphatic rings. The number of benzene rings is 1. The van der Waals surface area contributed by atoms with E-state index in [2.05, 4.69) is 17.9 Å². The quantitative estimate of drug-likeness (QED) is 0.797. The van der Waals surface area contributed by atoms with E-state index in [0.717, 1.165) is 0 Å². The van der Waals surface area contributed by atoms with E-state index in [1.807, 2.05) is 0 Å². The summed E-state index contributed by atoms with van der Waals surface area (Å²) in [6.45, 7) is 0.512. The van der Waals surface area contributed by atoms with Gasteiger partial charge >= 0.3 is 0 Å². The van der Waals surface area contributed by atoms with Crippen molar-refractivity contribution in [2.75, 3.05) is 19.4 Å². The van der Waals surface area contributed by atoms with Crippen LogP contribution in [0.2, 0.25) is 5.02 Å². The van der Waals surface area contributed by atoms with Crippen LogP contribution in [0.25, 0.3) is 0 Å². The molecule has 0 radical (unpaired) electrons. The van der Waals surface area contributed by atoms with Crippen molar-refractivity contribution in [2.45, 2.75) is 0 Å². The van der Waals surface area contributed by atoms with Crippen molar-refractivity contribution in [3.63, 3.8) is 0 Å². The highest BCUT2D eigenvalue weighted by Crippen LogP contribution is 2.22. The van der Waals surface area contributed by atoms with Gasteiger partial charge < -0.3 is 10.1 Å². The Morgan fingerprint density at radius 3 is 2.93 bits per heavy atom. The molecule has 0 bridgehead atoms. The molecule has 1 aromatic carbocycles. The lowest BCUT2D eigenvalue weighted by Crippen LogP contribution is -2.25. The maximum Gasteiger partial charge on any atom is 0.255 e. The van der Waals surface area contributed by atoms with Gasteiger partial charge in [-0.2, -0.15) is 12.6 Å². The Hall–Kier alpha value is -0.870. The van der Waals surface area contributed by atoms with Gasteiger partial charge in [0.15, 0.2) is 0 Å². The average molecular weight is 246 g/mol. The Labute approximate surface area is 99.2 Å². The third-order valence-electron chi connectivity index (χ3n) is 1.80. The highest BCUT2D eigenvalue weighted by Gasteiger charge is 2.11. The highest BCUT2D eigenvalue weighted by atomic mass is 35.5. The summed E-state index contributed by atoms with van der Waals surface area (Å²) in [5.41, 5.74) is 0.437. The molecule has 0 spiro atoms. The molecule has 0 aromatic heterocycles. The zero-order chi connectivity index (χ0) is 11.3. The van der Waals surface area contributed by atoms with Gasteiger partial charge in [-0.25, -0.2) is 0 Å². The molecule has 0 saturated heterocycles. The van der Waals surface area contributed by atoms with E-state index in [1.54, 1.807) is 18.2 Å². The Balaban J connectivity index is 2.90. The molecule has 1 aromatic rings. The van der Waals surface area contributed by atoms with Crippen LogP contribution in [0, 0.1) is 0 Å². The summed E-state index contributed by atoms with van der Waals surface area (Å²) in [4.78, 5) is 11.7. The van der Waals surface area contributed by atoms with E-state index < -0.39 is 0 Å². The smallest absolute Gasteiger partial charge is 0.255 e. The second kappa shape index (κ2) is 5.88. The summed E-state index contributed by atoms with van der Waals surface area (Å²) in [6, 6.07) is 4.92. The van der Waals surface area contributed by atoms with Gasteiger partial charge in [0.25, 0.3) is 5.91 Å². The van der Waals surface area contributed by atoms with Gasteiger partial charge in [-0.1, -0.05) is 11.6 Å². The van der Waals surface area contributed by atoms with Gasteiger partial charge in [-0.05, 0) is 18.2 Å². The van der Waals surface area contributed by atoms with Crippen molar-refractivity contribution in [3.8, 4) is 5.75 Å². The van der Waals surface area contributed by atoms with E-state index in [1.165, 1.54) is 7.11 Å². The van der Waals surface area contributed by atoms with Crippen LogP contribution in [-0.2, 0) is 0 Å². The number of carbonyl (C=O) groups is 1. The van der Waals surface area contributed by atoms with Crippen LogP contribution in [-0.4, -0.2) is 25.3 Å². The standard InChI is InChI=1S/C10H12ClNO2S/c1-14-9-3-2-7(11)6-8(9)10(13)12-4-5-15/h2-3,6,15H,4-5H2,1H3,(H,12,13). The van der Waals surface area contributed by atoms with Gasteiger partial charge in [-0.15, -0.1) is 0 Å². The van der Waals surface area contributed by atoms with Crippen LogP contribution in [0.5, 0.6) is 5.75 Å². The predicted molar refractivity (Wildman–Crippen MR) is 64.2 cm³/mol. The summed E-state index contributed by atoms with van der Waals surface area (Å²) in [5.74, 6) is 0.897. The molecule has 5 heteroatoms. The minimum absolute atomic E-state index is 0.205. The molecule has 1 rings (SSSR count). The number of thiol groups is 1. The van der Waals surface area contributed by atoms with Crippen molar-refractivity contribution in [1.82, 2.24) is 5.32 Å². The zero-order valence-corrected chi connectivity index (χ0v) is 9.94. The monoisotopic (exact) mass is 245 g/mol. The largest absolute Gasteiger partial charge is 0.496 e. The second-order valence-electron chi connectivity index (χ2n) is 2.82. The Kier molecular flexibility index (Phi) is 4.78. The second-order valence-corrected chi connectivity index (χ2v) is 3.71. The fourth-order valence-electron chi connectivity index (χ4n) is 1.12. The molecule has 0 unspecified atom stereocenters. The van der Waals surface area contributed by atoms with Crippen LogP contribution >= 0.6 is 24.2 Å². The van der Waals surface area contributed by atoms with Crippen LogP contribution in [0.1, 0.15) is 10.4 Å². The minimum Gasteiger partial charge on any atom is -0.496 e. The number of hydrogen-bond acceptors (Lipinski definition) is 3. The molecule has 15 heavy (non-hydrogen) atoms. The summed E-state index contributed by atoms with van der Waals surface area (Å²) in [5, 5.41) is 3.20. The maximum absolute atomic E-state index is 11.7. The number of rotatable bonds is 4. The van der Waals surface area contributed by atoms with Gasteiger partial charge in [0, 0.05) is 17.3 Å². The third-order valence-corrected chi connectivity index (χ3v) is 2.26. The maximum atomic E-state index is 11.7. The van der Waals surface area contributed by atoms with Gasteiger partial charge in [0.1, 0.15) is 5.75 Å². The molecule has 0 atom stereocenters. The van der Waals surface area contributed by atoms with E-state index >= 15 is 0 Å². The highest BCUT2D eigenvalue weighted by molar-refractivity contribution is 7.80. The van der Waals surface area contributed by atoms with Crippen molar-refractivity contribution < 1.29 is 9.53 Å². The first-order valence-corrected chi connectivity index (χ1v) is 5.42. The molecular formula is C10H12ClNO2S. The van der Waals surface area contributed by atoms with Crippen molar-refractivity contribution in [2.24, 2.45) is 0 Å². The number of hydrogen-bond donors (Lipinski definition) is 2. The molecule has 1 N–H and O–H groups in total. The topological polar surface area (TPSA) is 38.3 Å². The van der Waals surface area contributed by atoms with Crippen LogP contribution in [0.4, 0.5) is 0 Å². The predicted octanol–water partition coefficient (Wildman–Crippen LogP) is 2.01. The molecule has 0 aliphatic heterocycles. The number of halogens is 1. The fraction of sp³-hybridized carbons (Fsp3) is 0.300. The lowest BCUT2D eigenvalue weighted by molar-refractivity contribution is 0.0953. The normalized spacial score (nSPS) is 9.80. The molecular weight excluding hydrogens is 234 g/mol. The van der Waals surface area contributed by atoms with E-state index in [4.69, 9.17) is 16.3 Å². The number of methoxy groups -OCH3 is 1. The zero-order valence-electron chi connectivity index (χ0n) is 8.29. The van der Waals surface area contributed by atoms with Crippen LogP contribution in [0.3, 0.4) is 0 Å². The first-order valence-electron chi connectivity index (χ1n) is 4.41.